The van der Waals surface area contributed by atoms with Gasteiger partial charge in [0.1, 0.15) is 17.2 Å². The fourth-order valence-corrected chi connectivity index (χ4v) is 2.41. The van der Waals surface area contributed by atoms with Crippen LogP contribution in [0.1, 0.15) is 11.4 Å². The molecule has 0 radical (unpaired) electrons. The van der Waals surface area contributed by atoms with Crippen LogP contribution in [0.3, 0.4) is 0 Å². The zero-order valence-electron chi connectivity index (χ0n) is 10.7. The van der Waals surface area contributed by atoms with Crippen LogP contribution in [0.2, 0.25) is 0 Å². The fourth-order valence-electron chi connectivity index (χ4n) is 2.41. The van der Waals surface area contributed by atoms with E-state index in [0.717, 1.165) is 17.0 Å². The lowest BCUT2D eigenvalue weighted by Crippen LogP contribution is -1.93. The third-order valence-electron chi connectivity index (χ3n) is 3.30. The van der Waals surface area contributed by atoms with Gasteiger partial charge in [0.05, 0.1) is 11.3 Å². The molecule has 0 bridgehead atoms. The van der Waals surface area contributed by atoms with Gasteiger partial charge in [-0.2, -0.15) is 0 Å². The Balaban J connectivity index is 2.38. The Labute approximate surface area is 110 Å². The average molecular weight is 256 g/mol. The van der Waals surface area contributed by atoms with Crippen molar-refractivity contribution in [1.29, 1.82) is 0 Å². The number of aromatic nitrogens is 2. The van der Waals surface area contributed by atoms with Crippen LogP contribution in [-0.4, -0.2) is 14.5 Å². The molecule has 0 amide bonds. The first kappa shape index (κ1) is 11.7. The molecule has 3 aromatic rings. The second-order valence-corrected chi connectivity index (χ2v) is 4.54. The van der Waals surface area contributed by atoms with Crippen molar-refractivity contribution in [3.8, 4) is 17.0 Å². The molecule has 0 fully saturated rings. The molecule has 0 spiro atoms. The van der Waals surface area contributed by atoms with Crippen LogP contribution in [0.5, 0.6) is 5.75 Å². The van der Waals surface area contributed by atoms with Gasteiger partial charge in [0.25, 0.3) is 0 Å². The molecule has 0 aliphatic carbocycles. The second-order valence-electron chi connectivity index (χ2n) is 4.54. The smallest absolute Gasteiger partial charge is 0.137 e. The molecule has 2 aromatic heterocycles. The summed E-state index contributed by atoms with van der Waals surface area (Å²) in [5.74, 6) is -0.562. The van der Waals surface area contributed by atoms with Crippen LogP contribution < -0.4 is 0 Å². The maximum atomic E-state index is 13.9. The summed E-state index contributed by atoms with van der Waals surface area (Å²) in [5, 5.41) is 9.87. The highest BCUT2D eigenvalue weighted by Gasteiger charge is 2.18. The van der Waals surface area contributed by atoms with Gasteiger partial charge in [0, 0.05) is 11.4 Å². The number of halogens is 1. The lowest BCUT2D eigenvalue weighted by molar-refractivity contribution is 0.471. The van der Waals surface area contributed by atoms with Crippen molar-refractivity contribution in [2.45, 2.75) is 13.8 Å². The van der Waals surface area contributed by atoms with E-state index in [1.165, 1.54) is 18.2 Å². The predicted molar refractivity (Wildman–Crippen MR) is 71.7 cm³/mol. The van der Waals surface area contributed by atoms with Gasteiger partial charge >= 0.3 is 0 Å². The highest BCUT2D eigenvalue weighted by atomic mass is 19.1. The van der Waals surface area contributed by atoms with Crippen LogP contribution in [0.25, 0.3) is 16.9 Å². The molecule has 0 saturated carbocycles. The van der Waals surface area contributed by atoms with Gasteiger partial charge in [-0.25, -0.2) is 9.37 Å². The van der Waals surface area contributed by atoms with E-state index in [9.17, 15) is 9.50 Å². The van der Waals surface area contributed by atoms with Gasteiger partial charge < -0.3 is 9.51 Å². The second kappa shape index (κ2) is 4.09. The van der Waals surface area contributed by atoms with E-state index in [0.29, 0.717) is 5.69 Å². The molecule has 1 N–H and O–H groups in total. The van der Waals surface area contributed by atoms with E-state index in [1.807, 2.05) is 36.4 Å². The Kier molecular flexibility index (Phi) is 2.52. The molecule has 0 aliphatic rings. The lowest BCUT2D eigenvalue weighted by Gasteiger charge is -2.05. The summed E-state index contributed by atoms with van der Waals surface area (Å²) >= 11 is 0. The third kappa shape index (κ3) is 1.68. The summed E-state index contributed by atoms with van der Waals surface area (Å²) in [5.41, 5.74) is 3.21. The zero-order chi connectivity index (χ0) is 13.6. The van der Waals surface area contributed by atoms with Gasteiger partial charge in [-0.15, -0.1) is 0 Å². The molecule has 3 nitrogen and oxygen atoms in total. The predicted octanol–water partition coefficient (Wildman–Crippen LogP) is 3.46. The Morgan fingerprint density at radius 3 is 2.53 bits per heavy atom. The first-order valence-electron chi connectivity index (χ1n) is 6.02. The van der Waals surface area contributed by atoms with Gasteiger partial charge in [-0.3, -0.25) is 0 Å². The molecular formula is C15H13FN2O. The zero-order valence-corrected chi connectivity index (χ0v) is 10.7. The number of benzene rings is 1. The molecule has 96 valence electrons. The number of phenols is 1. The monoisotopic (exact) mass is 256 g/mol. The van der Waals surface area contributed by atoms with Gasteiger partial charge in [0.15, 0.2) is 0 Å². The van der Waals surface area contributed by atoms with Crippen molar-refractivity contribution in [3.05, 3.63) is 53.6 Å². The number of aryl methyl sites for hydroxylation is 2. The number of aromatic hydroxyl groups is 1. The number of rotatable bonds is 1. The quantitative estimate of drug-likeness (QED) is 0.724. The van der Waals surface area contributed by atoms with E-state index < -0.39 is 5.82 Å². The molecule has 2 heterocycles. The molecule has 1 aromatic carbocycles. The van der Waals surface area contributed by atoms with E-state index in [1.54, 1.807) is 0 Å². The highest BCUT2D eigenvalue weighted by molar-refractivity contribution is 5.72. The van der Waals surface area contributed by atoms with Gasteiger partial charge in [0.2, 0.25) is 0 Å². The summed E-state index contributed by atoms with van der Waals surface area (Å²) in [4.78, 5) is 4.43. The number of hydrogen-bond acceptors (Lipinski definition) is 2. The van der Waals surface area contributed by atoms with Gasteiger partial charge in [-0.05, 0) is 38.1 Å². The molecule has 3 rings (SSSR count). The van der Waals surface area contributed by atoms with Crippen LogP contribution >= 0.6 is 0 Å². The van der Waals surface area contributed by atoms with Crippen molar-refractivity contribution in [3.63, 3.8) is 0 Å². The number of imidazole rings is 1. The molecule has 0 aliphatic heterocycles. The van der Waals surface area contributed by atoms with Crippen molar-refractivity contribution in [2.75, 3.05) is 0 Å². The van der Waals surface area contributed by atoms with E-state index in [-0.39, 0.29) is 11.3 Å². The minimum absolute atomic E-state index is 0.0934. The van der Waals surface area contributed by atoms with Crippen molar-refractivity contribution >= 4 is 5.65 Å². The number of fused-ring (bicyclic) bond motifs is 1. The molecular weight excluding hydrogens is 243 g/mol. The topological polar surface area (TPSA) is 37.5 Å². The van der Waals surface area contributed by atoms with Crippen molar-refractivity contribution in [1.82, 2.24) is 9.38 Å². The molecule has 0 saturated heterocycles. The van der Waals surface area contributed by atoms with Crippen molar-refractivity contribution < 1.29 is 9.50 Å². The minimum Gasteiger partial charge on any atom is -0.507 e. The Bertz CT molecular complexity index is 757. The number of hydrogen-bond donors (Lipinski definition) is 1. The maximum absolute atomic E-state index is 13.9. The number of phenolic OH excluding ortho intramolecular Hbond substituents is 1. The number of nitrogens with zero attached hydrogens (tertiary/aromatic N) is 2. The first-order valence-corrected chi connectivity index (χ1v) is 6.02. The van der Waals surface area contributed by atoms with Crippen LogP contribution in [0.15, 0.2) is 36.4 Å². The van der Waals surface area contributed by atoms with E-state index in [4.69, 9.17) is 0 Å². The largest absolute Gasteiger partial charge is 0.507 e. The third-order valence-corrected chi connectivity index (χ3v) is 3.30. The summed E-state index contributed by atoms with van der Waals surface area (Å²) in [6.45, 7) is 3.83. The Hall–Kier alpha value is -2.36. The Morgan fingerprint density at radius 2 is 1.84 bits per heavy atom. The summed E-state index contributed by atoms with van der Waals surface area (Å²) < 4.78 is 15.9. The average Bonchev–Trinajstić information content (AvgIpc) is 2.68. The van der Waals surface area contributed by atoms with E-state index in [2.05, 4.69) is 4.98 Å². The molecule has 0 atom stereocenters. The maximum Gasteiger partial charge on any atom is 0.137 e. The summed E-state index contributed by atoms with van der Waals surface area (Å²) in [6, 6.07) is 10.0. The van der Waals surface area contributed by atoms with E-state index >= 15 is 0 Å². The lowest BCUT2D eigenvalue weighted by atomic mass is 10.1. The first-order chi connectivity index (χ1) is 9.09. The fraction of sp³-hybridized carbons (Fsp3) is 0.133. The minimum atomic E-state index is -0.468. The molecule has 4 heteroatoms. The van der Waals surface area contributed by atoms with Crippen LogP contribution in [0, 0.1) is 19.7 Å². The standard InChI is InChI=1S/C15H13FN2O/c1-9-5-3-8-13-17-15(10(2)18(9)13)14-11(16)6-4-7-12(14)19/h3-8,19H,1-2H3. The number of pyridine rings is 1. The summed E-state index contributed by atoms with van der Waals surface area (Å²) in [6.07, 6.45) is 0. The highest BCUT2D eigenvalue weighted by Crippen LogP contribution is 2.33. The Morgan fingerprint density at radius 1 is 1.11 bits per heavy atom. The molecule has 0 unspecified atom stereocenters. The van der Waals surface area contributed by atoms with Crippen LogP contribution in [0.4, 0.5) is 4.39 Å². The normalized spacial score (nSPS) is 11.1. The van der Waals surface area contributed by atoms with Gasteiger partial charge in [-0.1, -0.05) is 12.1 Å². The summed E-state index contributed by atoms with van der Waals surface area (Å²) in [7, 11) is 0. The molecule has 19 heavy (non-hydrogen) atoms. The van der Waals surface area contributed by atoms with Crippen molar-refractivity contribution in [2.24, 2.45) is 0 Å². The SMILES string of the molecule is Cc1cccc2nc(-c3c(O)cccc3F)c(C)n12. The van der Waals surface area contributed by atoms with Crippen LogP contribution in [-0.2, 0) is 0 Å².